The number of likely N-dealkylation sites (tertiary alicyclic amines) is 1. The van der Waals surface area contributed by atoms with Crippen LogP contribution in [-0.4, -0.2) is 56.6 Å². The van der Waals surface area contributed by atoms with E-state index in [2.05, 4.69) is 11.8 Å². The van der Waals surface area contributed by atoms with E-state index in [4.69, 9.17) is 0 Å². The number of sulfonamides is 1. The van der Waals surface area contributed by atoms with Crippen molar-refractivity contribution in [2.75, 3.05) is 39.0 Å². The highest BCUT2D eigenvalue weighted by atomic mass is 32.2. The lowest BCUT2D eigenvalue weighted by atomic mass is 10.0. The number of hydrogen-bond donors (Lipinski definition) is 0. The van der Waals surface area contributed by atoms with E-state index in [0.29, 0.717) is 11.8 Å². The number of fused-ring (bicyclic) bond motifs is 1. The minimum Gasteiger partial charge on any atom is -0.303 e. The maximum Gasteiger partial charge on any atom is 0.211 e. The number of nitrogens with zero attached hydrogens (tertiary/aromatic N) is 2. The predicted molar refractivity (Wildman–Crippen MR) is 55.5 cm³/mol. The normalized spacial score (nSPS) is 35.0. The zero-order valence-electron chi connectivity index (χ0n) is 8.81. The van der Waals surface area contributed by atoms with Crippen molar-refractivity contribution in [3.63, 3.8) is 0 Å². The molecule has 14 heavy (non-hydrogen) atoms. The van der Waals surface area contributed by atoms with Crippen LogP contribution in [0.4, 0.5) is 0 Å². The Balaban J connectivity index is 2.00. The van der Waals surface area contributed by atoms with Gasteiger partial charge in [0.05, 0.1) is 6.26 Å². The quantitative estimate of drug-likeness (QED) is 0.646. The lowest BCUT2D eigenvalue weighted by Crippen LogP contribution is -2.32. The van der Waals surface area contributed by atoms with Crippen LogP contribution in [0, 0.1) is 11.8 Å². The Kier molecular flexibility index (Phi) is 2.57. The Morgan fingerprint density at radius 3 is 2.00 bits per heavy atom. The number of hydrogen-bond acceptors (Lipinski definition) is 3. The molecule has 2 atom stereocenters. The van der Waals surface area contributed by atoms with Crippen LogP contribution in [0.2, 0.25) is 0 Å². The van der Waals surface area contributed by atoms with Gasteiger partial charge in [-0.2, -0.15) is 0 Å². The molecule has 2 aliphatic rings. The summed E-state index contributed by atoms with van der Waals surface area (Å²) in [6.07, 6.45) is 1.31. The van der Waals surface area contributed by atoms with Gasteiger partial charge < -0.3 is 4.90 Å². The molecule has 0 amide bonds. The maximum absolute atomic E-state index is 11.3. The smallest absolute Gasteiger partial charge is 0.211 e. The van der Waals surface area contributed by atoms with E-state index in [-0.39, 0.29) is 0 Å². The predicted octanol–water partition coefficient (Wildman–Crippen LogP) is -0.170. The molecule has 0 aromatic heterocycles. The molecule has 2 fully saturated rings. The summed E-state index contributed by atoms with van der Waals surface area (Å²) in [5.74, 6) is 1.15. The molecule has 2 unspecified atom stereocenters. The minimum absolute atomic E-state index is 0.574. The van der Waals surface area contributed by atoms with E-state index in [1.165, 1.54) is 6.26 Å². The van der Waals surface area contributed by atoms with Gasteiger partial charge in [-0.1, -0.05) is 6.92 Å². The molecule has 2 rings (SSSR count). The van der Waals surface area contributed by atoms with E-state index < -0.39 is 10.0 Å². The van der Waals surface area contributed by atoms with E-state index in [1.54, 1.807) is 4.31 Å². The Morgan fingerprint density at radius 2 is 1.64 bits per heavy atom. The van der Waals surface area contributed by atoms with Crippen LogP contribution < -0.4 is 0 Å². The Morgan fingerprint density at radius 1 is 1.14 bits per heavy atom. The highest BCUT2D eigenvalue weighted by Crippen LogP contribution is 2.31. The zero-order valence-corrected chi connectivity index (χ0v) is 9.63. The minimum atomic E-state index is -2.95. The second kappa shape index (κ2) is 3.47. The van der Waals surface area contributed by atoms with Gasteiger partial charge in [-0.25, -0.2) is 12.7 Å². The maximum atomic E-state index is 11.3. The summed E-state index contributed by atoms with van der Waals surface area (Å²) in [5.41, 5.74) is 0. The van der Waals surface area contributed by atoms with Gasteiger partial charge in [0, 0.05) is 26.2 Å². The third kappa shape index (κ3) is 1.81. The number of rotatable bonds is 2. The molecular formula is C9H18N2O2S. The summed E-state index contributed by atoms with van der Waals surface area (Å²) >= 11 is 0. The Hall–Kier alpha value is -0.130. The first-order valence-electron chi connectivity index (χ1n) is 5.18. The van der Waals surface area contributed by atoms with Gasteiger partial charge in [0.1, 0.15) is 0 Å². The average molecular weight is 218 g/mol. The van der Waals surface area contributed by atoms with E-state index in [1.807, 2.05) is 0 Å². The molecule has 0 aromatic carbocycles. The van der Waals surface area contributed by atoms with E-state index in [9.17, 15) is 8.42 Å². The standard InChI is InChI=1S/C9H18N2O2S/c1-3-10-4-8-6-11(14(2,12)13)7-9(8)5-10/h8-9H,3-7H2,1-2H3. The highest BCUT2D eigenvalue weighted by Gasteiger charge is 2.42. The molecule has 0 spiro atoms. The topological polar surface area (TPSA) is 40.6 Å². The molecule has 0 aromatic rings. The fraction of sp³-hybridized carbons (Fsp3) is 1.00. The highest BCUT2D eigenvalue weighted by molar-refractivity contribution is 7.88. The first-order valence-corrected chi connectivity index (χ1v) is 7.03. The third-order valence-corrected chi connectivity index (χ3v) is 4.68. The van der Waals surface area contributed by atoms with Gasteiger partial charge in [-0.3, -0.25) is 0 Å². The van der Waals surface area contributed by atoms with Gasteiger partial charge in [-0.15, -0.1) is 0 Å². The van der Waals surface area contributed by atoms with E-state index >= 15 is 0 Å². The van der Waals surface area contributed by atoms with Crippen molar-refractivity contribution >= 4 is 10.0 Å². The molecule has 2 saturated heterocycles. The summed E-state index contributed by atoms with van der Waals surface area (Å²) in [6, 6.07) is 0. The van der Waals surface area contributed by atoms with Gasteiger partial charge in [-0.05, 0) is 18.4 Å². The second-order valence-electron chi connectivity index (χ2n) is 4.45. The molecule has 0 N–H and O–H groups in total. The monoisotopic (exact) mass is 218 g/mol. The molecule has 2 heterocycles. The van der Waals surface area contributed by atoms with Gasteiger partial charge >= 0.3 is 0 Å². The molecule has 0 aliphatic carbocycles. The largest absolute Gasteiger partial charge is 0.303 e. The van der Waals surface area contributed by atoms with Crippen molar-refractivity contribution in [1.29, 1.82) is 0 Å². The molecule has 82 valence electrons. The third-order valence-electron chi connectivity index (χ3n) is 3.44. The Bertz CT molecular complexity index is 301. The summed E-state index contributed by atoms with van der Waals surface area (Å²) in [4.78, 5) is 2.41. The van der Waals surface area contributed by atoms with Crippen molar-refractivity contribution in [2.24, 2.45) is 11.8 Å². The van der Waals surface area contributed by atoms with Crippen molar-refractivity contribution in [3.8, 4) is 0 Å². The molecule has 5 heteroatoms. The van der Waals surface area contributed by atoms with Crippen LogP contribution in [-0.2, 0) is 10.0 Å². The fourth-order valence-electron chi connectivity index (χ4n) is 2.58. The molecule has 0 radical (unpaired) electrons. The lowest BCUT2D eigenvalue weighted by Gasteiger charge is -2.18. The molecule has 4 nitrogen and oxygen atoms in total. The Labute approximate surface area is 85.9 Å². The molecular weight excluding hydrogens is 200 g/mol. The molecule has 0 saturated carbocycles. The molecule has 2 aliphatic heterocycles. The van der Waals surface area contributed by atoms with Gasteiger partial charge in [0.2, 0.25) is 10.0 Å². The van der Waals surface area contributed by atoms with Crippen molar-refractivity contribution in [1.82, 2.24) is 9.21 Å². The van der Waals surface area contributed by atoms with Gasteiger partial charge in [0.15, 0.2) is 0 Å². The lowest BCUT2D eigenvalue weighted by molar-refractivity contribution is 0.311. The average Bonchev–Trinajstić information content (AvgIpc) is 2.56. The SMILES string of the molecule is CCN1CC2CN(S(C)(=O)=O)CC2C1. The van der Waals surface area contributed by atoms with Crippen LogP contribution in [0.5, 0.6) is 0 Å². The van der Waals surface area contributed by atoms with Crippen LogP contribution in [0.3, 0.4) is 0 Å². The van der Waals surface area contributed by atoms with Gasteiger partial charge in [0.25, 0.3) is 0 Å². The summed E-state index contributed by atoms with van der Waals surface area (Å²) in [5, 5.41) is 0. The van der Waals surface area contributed by atoms with Crippen LogP contribution in [0.1, 0.15) is 6.92 Å². The summed E-state index contributed by atoms with van der Waals surface area (Å²) in [6.45, 7) is 6.88. The fourth-order valence-corrected chi connectivity index (χ4v) is 3.50. The van der Waals surface area contributed by atoms with Crippen molar-refractivity contribution in [3.05, 3.63) is 0 Å². The zero-order chi connectivity index (χ0) is 10.3. The van der Waals surface area contributed by atoms with Crippen LogP contribution in [0.15, 0.2) is 0 Å². The van der Waals surface area contributed by atoms with Crippen LogP contribution in [0.25, 0.3) is 0 Å². The molecule has 0 bridgehead atoms. The van der Waals surface area contributed by atoms with Crippen LogP contribution >= 0.6 is 0 Å². The second-order valence-corrected chi connectivity index (χ2v) is 6.43. The summed E-state index contributed by atoms with van der Waals surface area (Å²) in [7, 11) is -2.95. The van der Waals surface area contributed by atoms with Crippen molar-refractivity contribution in [2.45, 2.75) is 6.92 Å². The van der Waals surface area contributed by atoms with Crippen molar-refractivity contribution < 1.29 is 8.42 Å². The van der Waals surface area contributed by atoms with E-state index in [0.717, 1.165) is 32.7 Å². The first-order chi connectivity index (χ1) is 6.50. The first kappa shape index (κ1) is 10.4. The summed E-state index contributed by atoms with van der Waals surface area (Å²) < 4.78 is 24.3.